The van der Waals surface area contributed by atoms with Crippen LogP contribution >= 0.6 is 11.6 Å². The summed E-state index contributed by atoms with van der Waals surface area (Å²) in [6.45, 7) is 0. The highest BCUT2D eigenvalue weighted by Gasteiger charge is 2.06. The first-order chi connectivity index (χ1) is 5.83. The molecule has 4 nitrogen and oxygen atoms in total. The third-order valence-corrected chi connectivity index (χ3v) is 1.80. The molecular formula is C7H5ClN2O2. The van der Waals surface area contributed by atoms with Crippen LogP contribution in [0.1, 0.15) is 0 Å². The van der Waals surface area contributed by atoms with Crippen molar-refractivity contribution in [1.29, 1.82) is 0 Å². The summed E-state index contributed by atoms with van der Waals surface area (Å²) in [5.74, 6) is -0.473. The third kappa shape index (κ3) is 0.921. The number of rotatable bonds is 1. The summed E-state index contributed by atoms with van der Waals surface area (Å²) in [5, 5.41) is 0. The number of alkyl halides is 1. The second-order valence-electron chi connectivity index (χ2n) is 2.24. The van der Waals surface area contributed by atoms with Crippen LogP contribution in [0.25, 0.3) is 11.2 Å². The molecule has 0 saturated carbocycles. The molecule has 0 saturated heterocycles. The first-order valence-corrected chi connectivity index (χ1v) is 3.86. The van der Waals surface area contributed by atoms with E-state index in [9.17, 15) is 4.79 Å². The fourth-order valence-electron chi connectivity index (χ4n) is 1.02. The van der Waals surface area contributed by atoms with Crippen molar-refractivity contribution in [2.75, 3.05) is 0 Å². The molecule has 0 N–H and O–H groups in total. The average Bonchev–Trinajstić information content (AvgIpc) is 2.40. The quantitative estimate of drug-likeness (QED) is 0.626. The molecule has 0 radical (unpaired) electrons. The summed E-state index contributed by atoms with van der Waals surface area (Å²) in [5.41, 5.74) is 0.945. The minimum atomic E-state index is -0.473. The zero-order valence-corrected chi connectivity index (χ0v) is 6.78. The minimum Gasteiger partial charge on any atom is -0.389 e. The van der Waals surface area contributed by atoms with Gasteiger partial charge in [-0.1, -0.05) is 0 Å². The molecular weight excluding hydrogens is 180 g/mol. The van der Waals surface area contributed by atoms with Crippen LogP contribution in [0.2, 0.25) is 0 Å². The van der Waals surface area contributed by atoms with E-state index < -0.39 is 5.76 Å². The maximum absolute atomic E-state index is 11.0. The lowest BCUT2D eigenvalue weighted by molar-refractivity contribution is 0.518. The molecule has 0 amide bonds. The Labute approximate surface area is 72.4 Å². The fourth-order valence-corrected chi connectivity index (χ4v) is 1.24. The third-order valence-electron chi connectivity index (χ3n) is 1.57. The molecule has 2 rings (SSSR count). The Bertz CT molecular complexity index is 460. The van der Waals surface area contributed by atoms with Gasteiger partial charge in [0.25, 0.3) is 0 Å². The van der Waals surface area contributed by atoms with Gasteiger partial charge < -0.3 is 4.42 Å². The number of fused-ring (bicyclic) bond motifs is 1. The lowest BCUT2D eigenvalue weighted by Crippen LogP contribution is -2.10. The van der Waals surface area contributed by atoms with E-state index in [2.05, 4.69) is 4.98 Å². The van der Waals surface area contributed by atoms with Crippen molar-refractivity contribution in [2.24, 2.45) is 0 Å². The van der Waals surface area contributed by atoms with Gasteiger partial charge in [0, 0.05) is 6.20 Å². The molecule has 5 heteroatoms. The van der Waals surface area contributed by atoms with Crippen molar-refractivity contribution < 1.29 is 4.42 Å². The van der Waals surface area contributed by atoms with E-state index in [4.69, 9.17) is 16.0 Å². The molecule has 2 heterocycles. The van der Waals surface area contributed by atoms with Gasteiger partial charge in [-0.2, -0.15) is 0 Å². The number of aromatic nitrogens is 2. The van der Waals surface area contributed by atoms with E-state index in [-0.39, 0.29) is 6.00 Å². The van der Waals surface area contributed by atoms with E-state index in [1.807, 2.05) is 0 Å². The van der Waals surface area contributed by atoms with Gasteiger partial charge in [-0.3, -0.25) is 4.57 Å². The van der Waals surface area contributed by atoms with Crippen molar-refractivity contribution in [3.05, 3.63) is 28.9 Å². The molecule has 0 spiro atoms. The molecule has 0 atom stereocenters. The van der Waals surface area contributed by atoms with E-state index in [0.717, 1.165) is 0 Å². The topological polar surface area (TPSA) is 48.0 Å². The first kappa shape index (κ1) is 7.36. The fraction of sp³-hybridized carbons (Fsp3) is 0.143. The lowest BCUT2D eigenvalue weighted by Gasteiger charge is -1.90. The van der Waals surface area contributed by atoms with Crippen LogP contribution < -0.4 is 5.76 Å². The van der Waals surface area contributed by atoms with Gasteiger partial charge in [0.2, 0.25) is 5.71 Å². The molecule has 0 fully saturated rings. The van der Waals surface area contributed by atoms with Gasteiger partial charge in [0.15, 0.2) is 0 Å². The first-order valence-electron chi connectivity index (χ1n) is 3.33. The maximum atomic E-state index is 11.0. The predicted molar refractivity (Wildman–Crippen MR) is 44.1 cm³/mol. The molecule has 0 unspecified atom stereocenters. The number of hydrogen-bond donors (Lipinski definition) is 0. The van der Waals surface area contributed by atoms with E-state index in [1.165, 1.54) is 4.57 Å². The molecule has 2 aromatic rings. The Hall–Kier alpha value is -1.29. The maximum Gasteiger partial charge on any atom is 0.422 e. The standard InChI is InChI=1S/C7H5ClN2O2/c8-4-10-5-2-1-3-9-6(5)12-7(10)11/h1-3H,4H2. The molecule has 62 valence electrons. The summed E-state index contributed by atoms with van der Waals surface area (Å²) in [4.78, 5) is 14.9. The summed E-state index contributed by atoms with van der Waals surface area (Å²) in [6, 6.07) is 3.54. The Kier molecular flexibility index (Phi) is 1.62. The van der Waals surface area contributed by atoms with Crippen LogP contribution in [0.5, 0.6) is 0 Å². The Morgan fingerprint density at radius 2 is 2.50 bits per heavy atom. The van der Waals surface area contributed by atoms with Gasteiger partial charge >= 0.3 is 5.76 Å². The average molecular weight is 185 g/mol. The minimum absolute atomic E-state index is 0.0809. The van der Waals surface area contributed by atoms with E-state index in [0.29, 0.717) is 11.2 Å². The molecule has 0 aliphatic heterocycles. The highest BCUT2D eigenvalue weighted by Crippen LogP contribution is 2.08. The highest BCUT2D eigenvalue weighted by molar-refractivity contribution is 6.15. The molecule has 0 bridgehead atoms. The number of halogens is 1. The van der Waals surface area contributed by atoms with Crippen LogP contribution in [0.15, 0.2) is 27.5 Å². The normalized spacial score (nSPS) is 10.8. The zero-order valence-electron chi connectivity index (χ0n) is 6.03. The van der Waals surface area contributed by atoms with Gasteiger partial charge in [0.05, 0.1) is 0 Å². The zero-order chi connectivity index (χ0) is 8.55. The number of oxazole rings is 1. The summed E-state index contributed by atoms with van der Waals surface area (Å²) in [6.07, 6.45) is 1.56. The summed E-state index contributed by atoms with van der Waals surface area (Å²) in [7, 11) is 0. The second-order valence-corrected chi connectivity index (χ2v) is 2.48. The monoisotopic (exact) mass is 184 g/mol. The molecule has 0 aromatic carbocycles. The smallest absolute Gasteiger partial charge is 0.389 e. The number of nitrogens with zero attached hydrogens (tertiary/aromatic N) is 2. The van der Waals surface area contributed by atoms with Crippen LogP contribution in [0, 0.1) is 0 Å². The number of hydrogen-bond acceptors (Lipinski definition) is 3. The van der Waals surface area contributed by atoms with Crippen molar-refractivity contribution in [3.8, 4) is 0 Å². The number of pyridine rings is 1. The van der Waals surface area contributed by atoms with Crippen LogP contribution in [0.3, 0.4) is 0 Å². The molecule has 2 aromatic heterocycles. The molecule has 12 heavy (non-hydrogen) atoms. The lowest BCUT2D eigenvalue weighted by atomic mass is 10.4. The Morgan fingerprint density at radius 3 is 3.25 bits per heavy atom. The summed E-state index contributed by atoms with van der Waals surface area (Å²) < 4.78 is 6.11. The van der Waals surface area contributed by atoms with Crippen LogP contribution in [-0.4, -0.2) is 9.55 Å². The van der Waals surface area contributed by atoms with Crippen molar-refractivity contribution in [1.82, 2.24) is 9.55 Å². The Morgan fingerprint density at radius 1 is 1.67 bits per heavy atom. The van der Waals surface area contributed by atoms with E-state index in [1.54, 1.807) is 18.3 Å². The highest BCUT2D eigenvalue weighted by atomic mass is 35.5. The van der Waals surface area contributed by atoms with Crippen molar-refractivity contribution >= 4 is 22.8 Å². The van der Waals surface area contributed by atoms with Crippen molar-refractivity contribution in [2.45, 2.75) is 6.00 Å². The van der Waals surface area contributed by atoms with Gasteiger partial charge in [-0.15, -0.1) is 11.6 Å². The van der Waals surface area contributed by atoms with Crippen LogP contribution in [-0.2, 0) is 6.00 Å². The second kappa shape index (κ2) is 2.64. The van der Waals surface area contributed by atoms with Gasteiger partial charge in [0.1, 0.15) is 11.5 Å². The van der Waals surface area contributed by atoms with Crippen LogP contribution in [0.4, 0.5) is 0 Å². The van der Waals surface area contributed by atoms with Gasteiger partial charge in [-0.05, 0) is 12.1 Å². The Balaban J connectivity index is 2.91. The molecule has 0 aliphatic carbocycles. The van der Waals surface area contributed by atoms with E-state index >= 15 is 0 Å². The summed E-state index contributed by atoms with van der Waals surface area (Å²) >= 11 is 5.53. The van der Waals surface area contributed by atoms with Crippen molar-refractivity contribution in [3.63, 3.8) is 0 Å². The largest absolute Gasteiger partial charge is 0.422 e. The SMILES string of the molecule is O=c1oc2ncccc2n1CCl. The molecule has 0 aliphatic rings. The predicted octanol–water partition coefficient (Wildman–Crippen LogP) is 1.19. The van der Waals surface area contributed by atoms with Gasteiger partial charge in [-0.25, -0.2) is 9.78 Å².